The Hall–Kier alpha value is -0.940. The summed E-state index contributed by atoms with van der Waals surface area (Å²) in [6.07, 6.45) is 2.18. The lowest BCUT2D eigenvalue weighted by atomic mass is 9.90. The summed E-state index contributed by atoms with van der Waals surface area (Å²) >= 11 is 3.36. The number of benzene rings is 1. The molecule has 1 unspecified atom stereocenters. The van der Waals surface area contributed by atoms with Crippen molar-refractivity contribution in [3.63, 3.8) is 0 Å². The van der Waals surface area contributed by atoms with Gasteiger partial charge >= 0.3 is 0 Å². The van der Waals surface area contributed by atoms with Crippen LogP contribution in [0.2, 0.25) is 0 Å². The van der Waals surface area contributed by atoms with Crippen LogP contribution in [0.25, 0.3) is 0 Å². The minimum Gasteiger partial charge on any atom is -0.506 e. The maximum absolute atomic E-state index is 10.2. The summed E-state index contributed by atoms with van der Waals surface area (Å²) in [5, 5.41) is 13.6. The van der Waals surface area contributed by atoms with Gasteiger partial charge in [-0.25, -0.2) is 0 Å². The van der Waals surface area contributed by atoms with Gasteiger partial charge in [0, 0.05) is 24.1 Å². The highest BCUT2D eigenvalue weighted by Crippen LogP contribution is 2.49. The number of rotatable bonds is 1. The van der Waals surface area contributed by atoms with Crippen LogP contribution in [0.4, 0.5) is 0 Å². The largest absolute Gasteiger partial charge is 0.506 e. The molecule has 2 aliphatic heterocycles. The van der Waals surface area contributed by atoms with Crippen molar-refractivity contribution in [3.05, 3.63) is 16.1 Å². The summed E-state index contributed by atoms with van der Waals surface area (Å²) in [6.45, 7) is 2.16. The van der Waals surface area contributed by atoms with Gasteiger partial charge < -0.3 is 19.9 Å². The second kappa shape index (κ2) is 4.38. The van der Waals surface area contributed by atoms with Gasteiger partial charge in [-0.05, 0) is 35.3 Å². The molecule has 1 fully saturated rings. The van der Waals surface area contributed by atoms with Gasteiger partial charge in [0.15, 0.2) is 11.5 Å². The highest BCUT2D eigenvalue weighted by atomic mass is 79.9. The molecule has 0 aromatic heterocycles. The maximum Gasteiger partial charge on any atom is 0.231 e. The number of halogens is 1. The van der Waals surface area contributed by atoms with Gasteiger partial charge in [0.1, 0.15) is 5.75 Å². The Morgan fingerprint density at radius 2 is 2.29 bits per heavy atom. The van der Waals surface area contributed by atoms with E-state index in [1.54, 1.807) is 6.07 Å². The summed E-state index contributed by atoms with van der Waals surface area (Å²) in [7, 11) is 0. The Balaban J connectivity index is 2.07. The third kappa shape index (κ3) is 1.87. The van der Waals surface area contributed by atoms with Crippen LogP contribution in [-0.4, -0.2) is 25.0 Å². The molecule has 0 bridgehead atoms. The van der Waals surface area contributed by atoms with E-state index in [1.807, 2.05) is 0 Å². The lowest BCUT2D eigenvalue weighted by Gasteiger charge is -2.25. The minimum absolute atomic E-state index is 0.234. The SMILES string of the molecule is Oc1c(Br)cc2c(c1C1CCCNC1)OCO2. The topological polar surface area (TPSA) is 50.7 Å². The number of phenols is 1. The van der Waals surface area contributed by atoms with E-state index in [0.717, 1.165) is 37.2 Å². The molecular weight excluding hydrogens is 286 g/mol. The fraction of sp³-hybridized carbons (Fsp3) is 0.500. The van der Waals surface area contributed by atoms with Gasteiger partial charge in [0.25, 0.3) is 0 Å². The lowest BCUT2D eigenvalue weighted by Crippen LogP contribution is -2.28. The Bertz CT molecular complexity index is 444. The van der Waals surface area contributed by atoms with Crippen molar-refractivity contribution in [1.29, 1.82) is 0 Å². The van der Waals surface area contributed by atoms with Gasteiger partial charge in [-0.2, -0.15) is 0 Å². The van der Waals surface area contributed by atoms with Gasteiger partial charge in [-0.3, -0.25) is 0 Å². The van der Waals surface area contributed by atoms with Crippen LogP contribution in [0.3, 0.4) is 0 Å². The monoisotopic (exact) mass is 299 g/mol. The van der Waals surface area contributed by atoms with Crippen LogP contribution >= 0.6 is 15.9 Å². The molecule has 0 spiro atoms. The van der Waals surface area contributed by atoms with E-state index in [2.05, 4.69) is 21.2 Å². The average molecular weight is 300 g/mol. The Morgan fingerprint density at radius 3 is 3.06 bits per heavy atom. The lowest BCUT2D eigenvalue weighted by molar-refractivity contribution is 0.172. The van der Waals surface area contributed by atoms with E-state index >= 15 is 0 Å². The zero-order chi connectivity index (χ0) is 11.8. The third-order valence-corrected chi connectivity index (χ3v) is 3.93. The molecule has 1 saturated heterocycles. The molecule has 2 aliphatic rings. The fourth-order valence-corrected chi connectivity index (χ4v) is 2.92. The molecule has 5 heteroatoms. The number of hydrogen-bond donors (Lipinski definition) is 2. The zero-order valence-corrected chi connectivity index (χ0v) is 10.9. The number of ether oxygens (including phenoxy) is 2. The van der Waals surface area contributed by atoms with E-state index in [9.17, 15) is 5.11 Å². The Morgan fingerprint density at radius 1 is 1.41 bits per heavy atom. The first kappa shape index (κ1) is 11.2. The van der Waals surface area contributed by atoms with Crippen LogP contribution in [0.1, 0.15) is 24.3 Å². The number of fused-ring (bicyclic) bond motifs is 1. The quantitative estimate of drug-likeness (QED) is 0.836. The molecule has 2 N–H and O–H groups in total. The standard InChI is InChI=1S/C12H14BrNO3/c13-8-4-9-12(17-6-16-9)10(11(8)15)7-2-1-3-14-5-7/h4,7,14-15H,1-3,5-6H2. The van der Waals surface area contributed by atoms with Crippen LogP contribution in [0.15, 0.2) is 10.5 Å². The smallest absolute Gasteiger partial charge is 0.231 e. The van der Waals surface area contributed by atoms with Crippen LogP contribution < -0.4 is 14.8 Å². The highest BCUT2D eigenvalue weighted by molar-refractivity contribution is 9.10. The number of aromatic hydroxyl groups is 1. The second-order valence-electron chi connectivity index (χ2n) is 4.40. The number of nitrogens with one attached hydrogen (secondary N) is 1. The molecule has 0 saturated carbocycles. The second-order valence-corrected chi connectivity index (χ2v) is 5.25. The van der Waals surface area contributed by atoms with Crippen molar-refractivity contribution in [3.8, 4) is 17.2 Å². The predicted octanol–water partition coefficient (Wildman–Crippen LogP) is 2.35. The predicted molar refractivity (Wildman–Crippen MR) is 66.8 cm³/mol. The molecule has 1 atom stereocenters. The van der Waals surface area contributed by atoms with E-state index in [0.29, 0.717) is 10.2 Å². The van der Waals surface area contributed by atoms with Gasteiger partial charge in [0.2, 0.25) is 6.79 Å². The van der Waals surface area contributed by atoms with Gasteiger partial charge in [-0.1, -0.05) is 0 Å². The van der Waals surface area contributed by atoms with Crippen molar-refractivity contribution in [2.45, 2.75) is 18.8 Å². The molecule has 0 aliphatic carbocycles. The van der Waals surface area contributed by atoms with E-state index in [1.165, 1.54) is 0 Å². The molecular formula is C12H14BrNO3. The summed E-state index contributed by atoms with van der Waals surface area (Å²) in [5.41, 5.74) is 0.874. The number of piperidine rings is 1. The van der Waals surface area contributed by atoms with Crippen molar-refractivity contribution in [2.75, 3.05) is 19.9 Å². The fourth-order valence-electron chi connectivity index (χ4n) is 2.50. The van der Waals surface area contributed by atoms with E-state index < -0.39 is 0 Å². The highest BCUT2D eigenvalue weighted by Gasteiger charge is 2.29. The van der Waals surface area contributed by atoms with E-state index in [4.69, 9.17) is 9.47 Å². The summed E-state index contributed by atoms with van der Waals surface area (Å²) in [6, 6.07) is 1.76. The third-order valence-electron chi connectivity index (χ3n) is 3.33. The summed E-state index contributed by atoms with van der Waals surface area (Å²) < 4.78 is 11.5. The van der Waals surface area contributed by atoms with E-state index in [-0.39, 0.29) is 18.5 Å². The molecule has 92 valence electrons. The first-order valence-corrected chi connectivity index (χ1v) is 6.58. The molecule has 0 amide bonds. The van der Waals surface area contributed by atoms with Crippen LogP contribution in [0.5, 0.6) is 17.2 Å². The normalized spacial score (nSPS) is 22.8. The van der Waals surface area contributed by atoms with Crippen LogP contribution in [-0.2, 0) is 0 Å². The Labute approximate surface area is 108 Å². The summed E-state index contributed by atoms with van der Waals surface area (Å²) in [4.78, 5) is 0. The molecule has 4 nitrogen and oxygen atoms in total. The van der Waals surface area contributed by atoms with Gasteiger partial charge in [0.05, 0.1) is 4.47 Å². The van der Waals surface area contributed by atoms with Crippen LogP contribution in [0, 0.1) is 0 Å². The number of phenolic OH excluding ortho intramolecular Hbond substituents is 1. The van der Waals surface area contributed by atoms with Crippen molar-refractivity contribution in [1.82, 2.24) is 5.32 Å². The van der Waals surface area contributed by atoms with Gasteiger partial charge in [-0.15, -0.1) is 0 Å². The Kier molecular flexibility index (Phi) is 2.88. The molecule has 1 aromatic rings. The van der Waals surface area contributed by atoms with Crippen molar-refractivity contribution in [2.24, 2.45) is 0 Å². The first-order valence-electron chi connectivity index (χ1n) is 5.79. The molecule has 2 heterocycles. The molecule has 1 aromatic carbocycles. The summed E-state index contributed by atoms with van der Waals surface area (Å²) in [5.74, 6) is 1.99. The van der Waals surface area contributed by atoms with Crippen molar-refractivity contribution >= 4 is 15.9 Å². The maximum atomic E-state index is 10.2. The number of hydrogen-bond acceptors (Lipinski definition) is 4. The first-order chi connectivity index (χ1) is 8.27. The minimum atomic E-state index is 0.234. The van der Waals surface area contributed by atoms with Crippen molar-refractivity contribution < 1.29 is 14.6 Å². The molecule has 3 rings (SSSR count). The zero-order valence-electron chi connectivity index (χ0n) is 9.33. The average Bonchev–Trinajstić information content (AvgIpc) is 2.79. The molecule has 17 heavy (non-hydrogen) atoms. The molecule has 0 radical (unpaired) electrons.